The first-order chi connectivity index (χ1) is 16.5. The van der Waals surface area contributed by atoms with E-state index in [-0.39, 0.29) is 5.78 Å². The van der Waals surface area contributed by atoms with Crippen LogP contribution in [0.4, 0.5) is 0 Å². The van der Waals surface area contributed by atoms with Gasteiger partial charge in [0.1, 0.15) is 11.5 Å². The van der Waals surface area contributed by atoms with Crippen LogP contribution in [0.25, 0.3) is 12.2 Å². The molecule has 174 valence electrons. The Balaban J connectivity index is 1.69. The summed E-state index contributed by atoms with van der Waals surface area (Å²) in [4.78, 5) is 15.8. The molecule has 0 atom stereocenters. The Morgan fingerprint density at radius 1 is 0.794 bits per heavy atom. The van der Waals surface area contributed by atoms with Gasteiger partial charge in [-0.25, -0.2) is 0 Å². The van der Waals surface area contributed by atoms with Crippen LogP contribution in [0.3, 0.4) is 0 Å². The lowest BCUT2D eigenvalue weighted by atomic mass is 9.94. The van der Waals surface area contributed by atoms with Crippen molar-refractivity contribution in [2.75, 3.05) is 27.3 Å². The zero-order valence-electron chi connectivity index (χ0n) is 19.1. The van der Waals surface area contributed by atoms with Crippen molar-refractivity contribution >= 4 is 49.8 Å². The SMILES string of the molecule is COc1ccc(/C=C2\CN(Cc3ccccc3)C/C(=C\c3ccc(OC)c(Br)c3)C2=O)cc1Br. The van der Waals surface area contributed by atoms with Gasteiger partial charge in [0.15, 0.2) is 5.78 Å². The van der Waals surface area contributed by atoms with Crippen molar-refractivity contribution in [2.45, 2.75) is 6.54 Å². The monoisotopic (exact) mass is 581 g/mol. The normalized spacial score (nSPS) is 16.8. The topological polar surface area (TPSA) is 38.8 Å². The summed E-state index contributed by atoms with van der Waals surface area (Å²) in [6.45, 7) is 1.93. The number of hydrogen-bond donors (Lipinski definition) is 0. The molecule has 0 aromatic heterocycles. The number of nitrogens with zero attached hydrogens (tertiary/aromatic N) is 1. The Kier molecular flexibility index (Phi) is 8.03. The second-order valence-corrected chi connectivity index (χ2v) is 9.80. The summed E-state index contributed by atoms with van der Waals surface area (Å²) < 4.78 is 12.4. The van der Waals surface area contributed by atoms with E-state index in [1.54, 1.807) is 14.2 Å². The first kappa shape index (κ1) is 24.5. The number of carbonyl (C=O) groups excluding carboxylic acids is 1. The summed E-state index contributed by atoms with van der Waals surface area (Å²) in [6, 6.07) is 22.0. The van der Waals surface area contributed by atoms with Gasteiger partial charge < -0.3 is 9.47 Å². The molecule has 34 heavy (non-hydrogen) atoms. The van der Waals surface area contributed by atoms with Crippen LogP contribution in [0.15, 0.2) is 86.8 Å². The predicted octanol–water partition coefficient (Wildman–Crippen LogP) is 6.78. The molecule has 0 N–H and O–H groups in total. The van der Waals surface area contributed by atoms with Gasteiger partial charge in [-0.3, -0.25) is 9.69 Å². The number of ketones is 1. The smallest absolute Gasteiger partial charge is 0.187 e. The third-order valence-electron chi connectivity index (χ3n) is 5.65. The van der Waals surface area contributed by atoms with E-state index in [1.807, 2.05) is 66.7 Å². The zero-order valence-corrected chi connectivity index (χ0v) is 22.2. The molecule has 1 saturated heterocycles. The molecule has 0 radical (unpaired) electrons. The first-order valence-corrected chi connectivity index (χ1v) is 12.4. The van der Waals surface area contributed by atoms with Gasteiger partial charge in [-0.15, -0.1) is 0 Å². The Hall–Kier alpha value is -2.67. The molecule has 0 unspecified atom stereocenters. The van der Waals surface area contributed by atoms with E-state index in [0.717, 1.165) is 49.3 Å². The molecule has 1 fully saturated rings. The fourth-order valence-corrected chi connectivity index (χ4v) is 5.13. The molecule has 3 aromatic carbocycles. The second-order valence-electron chi connectivity index (χ2n) is 8.09. The third kappa shape index (κ3) is 5.87. The number of carbonyl (C=O) groups is 1. The van der Waals surface area contributed by atoms with Crippen LogP contribution in [0.1, 0.15) is 16.7 Å². The standard InChI is InChI=1S/C28H25Br2NO3/c1-33-26-10-8-20(14-24(26)29)12-22-17-31(16-19-6-4-3-5-7-19)18-23(28(22)32)13-21-9-11-27(34-2)25(30)15-21/h3-15H,16-18H2,1-2H3/b22-12+,23-13+. The van der Waals surface area contributed by atoms with Crippen molar-refractivity contribution in [1.82, 2.24) is 4.90 Å². The minimum Gasteiger partial charge on any atom is -0.496 e. The molecular formula is C28H25Br2NO3. The van der Waals surface area contributed by atoms with Gasteiger partial charge in [0.25, 0.3) is 0 Å². The first-order valence-electron chi connectivity index (χ1n) is 10.9. The molecule has 4 rings (SSSR count). The van der Waals surface area contributed by atoms with E-state index in [9.17, 15) is 4.79 Å². The van der Waals surface area contributed by atoms with Crippen LogP contribution in [0.5, 0.6) is 11.5 Å². The highest BCUT2D eigenvalue weighted by Gasteiger charge is 2.26. The van der Waals surface area contributed by atoms with Crippen molar-refractivity contribution in [3.63, 3.8) is 0 Å². The minimum atomic E-state index is 0.0724. The van der Waals surface area contributed by atoms with Crippen molar-refractivity contribution < 1.29 is 14.3 Å². The van der Waals surface area contributed by atoms with E-state index in [2.05, 4.69) is 48.9 Å². The highest BCUT2D eigenvalue weighted by Crippen LogP contribution is 2.30. The summed E-state index contributed by atoms with van der Waals surface area (Å²) in [5.74, 6) is 1.59. The molecule has 3 aromatic rings. The van der Waals surface area contributed by atoms with Crippen LogP contribution in [0, 0.1) is 0 Å². The summed E-state index contributed by atoms with van der Waals surface area (Å²) >= 11 is 7.08. The van der Waals surface area contributed by atoms with E-state index in [4.69, 9.17) is 9.47 Å². The number of piperidine rings is 1. The number of Topliss-reactive ketones (excluding diaryl/α,β-unsaturated/α-hetero) is 1. The van der Waals surface area contributed by atoms with Crippen molar-refractivity contribution in [1.29, 1.82) is 0 Å². The maximum absolute atomic E-state index is 13.5. The van der Waals surface area contributed by atoms with Crippen LogP contribution >= 0.6 is 31.9 Å². The summed E-state index contributed by atoms with van der Waals surface area (Å²) in [6.07, 6.45) is 3.95. The van der Waals surface area contributed by atoms with Crippen LogP contribution < -0.4 is 9.47 Å². The number of methoxy groups -OCH3 is 2. The maximum atomic E-state index is 13.5. The molecule has 0 aliphatic carbocycles. The minimum absolute atomic E-state index is 0.0724. The molecule has 0 saturated carbocycles. The number of hydrogen-bond acceptors (Lipinski definition) is 4. The summed E-state index contributed by atoms with van der Waals surface area (Å²) in [7, 11) is 3.28. The van der Waals surface area contributed by atoms with E-state index in [0.29, 0.717) is 13.1 Å². The second kappa shape index (κ2) is 11.2. The van der Waals surface area contributed by atoms with Gasteiger partial charge in [-0.05, 0) is 85.0 Å². The summed E-state index contributed by atoms with van der Waals surface area (Å²) in [5.41, 5.74) is 4.64. The molecular weight excluding hydrogens is 558 g/mol. The molecule has 0 spiro atoms. The molecule has 1 aliphatic heterocycles. The van der Waals surface area contributed by atoms with Gasteiger partial charge in [0.2, 0.25) is 0 Å². The Labute approximate surface area is 217 Å². The Morgan fingerprint density at radius 2 is 1.29 bits per heavy atom. The lowest BCUT2D eigenvalue weighted by molar-refractivity contribution is -0.113. The van der Waals surface area contributed by atoms with Crippen molar-refractivity contribution in [3.05, 3.63) is 104 Å². The number of likely N-dealkylation sites (tertiary alicyclic amines) is 1. The molecule has 4 nitrogen and oxygen atoms in total. The average Bonchev–Trinajstić information content (AvgIpc) is 2.83. The Bertz CT molecular complexity index is 1180. The van der Waals surface area contributed by atoms with Crippen molar-refractivity contribution in [2.24, 2.45) is 0 Å². The molecule has 6 heteroatoms. The van der Waals surface area contributed by atoms with E-state index >= 15 is 0 Å². The highest BCUT2D eigenvalue weighted by molar-refractivity contribution is 9.10. The fraction of sp³-hybridized carbons (Fsp3) is 0.179. The highest BCUT2D eigenvalue weighted by atomic mass is 79.9. The van der Waals surface area contributed by atoms with Gasteiger partial charge in [-0.2, -0.15) is 0 Å². The van der Waals surface area contributed by atoms with Crippen LogP contribution in [-0.4, -0.2) is 38.0 Å². The molecule has 0 amide bonds. The number of ether oxygens (including phenoxy) is 2. The fourth-order valence-electron chi connectivity index (χ4n) is 4.01. The predicted molar refractivity (Wildman–Crippen MR) is 144 cm³/mol. The van der Waals surface area contributed by atoms with Gasteiger partial charge >= 0.3 is 0 Å². The largest absolute Gasteiger partial charge is 0.496 e. The van der Waals surface area contributed by atoms with Gasteiger partial charge in [-0.1, -0.05) is 42.5 Å². The van der Waals surface area contributed by atoms with Crippen molar-refractivity contribution in [3.8, 4) is 11.5 Å². The van der Waals surface area contributed by atoms with Gasteiger partial charge in [0.05, 0.1) is 23.2 Å². The van der Waals surface area contributed by atoms with Gasteiger partial charge in [0, 0.05) is 30.8 Å². The van der Waals surface area contributed by atoms with E-state index in [1.165, 1.54) is 5.56 Å². The molecule has 0 bridgehead atoms. The van der Waals surface area contributed by atoms with E-state index < -0.39 is 0 Å². The lowest BCUT2D eigenvalue weighted by Crippen LogP contribution is -2.37. The Morgan fingerprint density at radius 3 is 1.74 bits per heavy atom. The number of benzene rings is 3. The quantitative estimate of drug-likeness (QED) is 0.300. The third-order valence-corrected chi connectivity index (χ3v) is 6.89. The maximum Gasteiger partial charge on any atom is 0.187 e. The molecule has 1 heterocycles. The lowest BCUT2D eigenvalue weighted by Gasteiger charge is -2.30. The number of rotatable bonds is 6. The zero-order chi connectivity index (χ0) is 24.1. The molecule has 1 aliphatic rings. The average molecular weight is 583 g/mol. The van der Waals surface area contributed by atoms with Crippen LogP contribution in [-0.2, 0) is 11.3 Å². The summed E-state index contributed by atoms with van der Waals surface area (Å²) in [5, 5.41) is 0. The number of halogens is 2. The van der Waals surface area contributed by atoms with Crippen LogP contribution in [0.2, 0.25) is 0 Å².